The van der Waals surface area contributed by atoms with E-state index in [2.05, 4.69) is 15.5 Å². The number of ether oxygens (including phenoxy) is 1. The number of amides is 1. The van der Waals surface area contributed by atoms with Crippen molar-refractivity contribution in [1.82, 2.24) is 15.5 Å². The molecule has 1 N–H and O–H groups in total. The molecule has 0 fully saturated rings. The van der Waals surface area contributed by atoms with Crippen LogP contribution in [0, 0.1) is 6.92 Å². The van der Waals surface area contributed by atoms with Gasteiger partial charge in [0.1, 0.15) is 11.8 Å². The molecule has 1 atom stereocenters. The molecule has 6 heteroatoms. The van der Waals surface area contributed by atoms with E-state index in [0.29, 0.717) is 17.5 Å². The number of hydrogen-bond acceptors (Lipinski definition) is 5. The number of rotatable bonds is 5. The summed E-state index contributed by atoms with van der Waals surface area (Å²) in [5, 5.41) is 6.39. The lowest BCUT2D eigenvalue weighted by Gasteiger charge is -2.10. The number of nitrogens with one attached hydrogen (secondary N) is 1. The third-order valence-electron chi connectivity index (χ3n) is 2.40. The van der Waals surface area contributed by atoms with Crippen LogP contribution in [-0.4, -0.2) is 22.7 Å². The van der Waals surface area contributed by atoms with Crippen molar-refractivity contribution < 1.29 is 14.1 Å². The Morgan fingerprint density at radius 1 is 1.42 bits per heavy atom. The molecule has 0 spiro atoms. The van der Waals surface area contributed by atoms with Crippen LogP contribution >= 0.6 is 0 Å². The summed E-state index contributed by atoms with van der Waals surface area (Å²) in [6.45, 7) is 3.44. The minimum Gasteiger partial charge on any atom is -0.484 e. The highest BCUT2D eigenvalue weighted by Crippen LogP contribution is 2.10. The lowest BCUT2D eigenvalue weighted by atomic mass is 10.3. The zero-order valence-corrected chi connectivity index (χ0v) is 10.8. The van der Waals surface area contributed by atoms with Gasteiger partial charge in [-0.2, -0.15) is 4.98 Å². The number of benzene rings is 1. The molecule has 0 aliphatic heterocycles. The van der Waals surface area contributed by atoms with Crippen LogP contribution in [0.25, 0.3) is 0 Å². The summed E-state index contributed by atoms with van der Waals surface area (Å²) < 4.78 is 10.3. The van der Waals surface area contributed by atoms with E-state index < -0.39 is 0 Å². The topological polar surface area (TPSA) is 77.2 Å². The summed E-state index contributed by atoms with van der Waals surface area (Å²) in [5.74, 6) is 1.33. The van der Waals surface area contributed by atoms with E-state index in [1.165, 1.54) is 0 Å². The fraction of sp³-hybridized carbons (Fsp3) is 0.308. The molecule has 2 rings (SSSR count). The Morgan fingerprint density at radius 3 is 2.79 bits per heavy atom. The highest BCUT2D eigenvalue weighted by Gasteiger charge is 2.15. The standard InChI is InChI=1S/C13H15N3O3/c1-9(13-15-10(2)16-19-13)14-12(17)8-18-11-6-4-3-5-7-11/h3-7,9H,8H2,1-2H3,(H,14,17)/t9-/m1/s1. The van der Waals surface area contributed by atoms with Crippen molar-refractivity contribution in [2.24, 2.45) is 0 Å². The molecule has 0 radical (unpaired) electrons. The normalized spacial score (nSPS) is 11.9. The quantitative estimate of drug-likeness (QED) is 0.885. The van der Waals surface area contributed by atoms with Gasteiger partial charge < -0.3 is 14.6 Å². The molecule has 1 aromatic carbocycles. The Hall–Kier alpha value is -2.37. The first-order valence-electron chi connectivity index (χ1n) is 5.92. The van der Waals surface area contributed by atoms with Crippen LogP contribution in [-0.2, 0) is 4.79 Å². The van der Waals surface area contributed by atoms with Crippen molar-refractivity contribution in [1.29, 1.82) is 0 Å². The molecule has 0 aliphatic rings. The molecule has 1 aromatic heterocycles. The zero-order chi connectivity index (χ0) is 13.7. The van der Waals surface area contributed by atoms with Gasteiger partial charge in [-0.1, -0.05) is 23.4 Å². The van der Waals surface area contributed by atoms with Crippen LogP contribution < -0.4 is 10.1 Å². The Kier molecular flexibility index (Phi) is 4.12. The van der Waals surface area contributed by atoms with Gasteiger partial charge in [-0.3, -0.25) is 4.79 Å². The van der Waals surface area contributed by atoms with Crippen LogP contribution in [0.5, 0.6) is 5.75 Å². The molecule has 0 bridgehead atoms. The second-order valence-corrected chi connectivity index (χ2v) is 4.07. The average molecular weight is 261 g/mol. The molecule has 0 aliphatic carbocycles. The monoisotopic (exact) mass is 261 g/mol. The van der Waals surface area contributed by atoms with Gasteiger partial charge in [0.05, 0.1) is 0 Å². The molecule has 0 unspecified atom stereocenters. The second-order valence-electron chi connectivity index (χ2n) is 4.07. The highest BCUT2D eigenvalue weighted by molar-refractivity contribution is 5.77. The van der Waals surface area contributed by atoms with E-state index in [9.17, 15) is 4.79 Å². The van der Waals surface area contributed by atoms with Gasteiger partial charge in [0.25, 0.3) is 5.91 Å². The van der Waals surface area contributed by atoms with Crippen molar-refractivity contribution in [2.75, 3.05) is 6.61 Å². The van der Waals surface area contributed by atoms with Crippen LogP contribution in [0.3, 0.4) is 0 Å². The summed E-state index contributed by atoms with van der Waals surface area (Å²) in [4.78, 5) is 15.7. The summed E-state index contributed by atoms with van der Waals surface area (Å²) in [5.41, 5.74) is 0. The minimum atomic E-state index is -0.340. The maximum Gasteiger partial charge on any atom is 0.258 e. The summed E-state index contributed by atoms with van der Waals surface area (Å²) in [7, 11) is 0. The predicted molar refractivity (Wildman–Crippen MR) is 67.5 cm³/mol. The fourth-order valence-electron chi connectivity index (χ4n) is 1.50. The molecular formula is C13H15N3O3. The van der Waals surface area contributed by atoms with Crippen molar-refractivity contribution in [3.05, 3.63) is 42.0 Å². The van der Waals surface area contributed by atoms with Gasteiger partial charge in [0.2, 0.25) is 5.89 Å². The molecule has 100 valence electrons. The third kappa shape index (κ3) is 3.80. The van der Waals surface area contributed by atoms with Crippen molar-refractivity contribution in [3.8, 4) is 5.75 Å². The molecular weight excluding hydrogens is 246 g/mol. The van der Waals surface area contributed by atoms with Crippen LogP contribution in [0.4, 0.5) is 0 Å². The number of nitrogens with zero attached hydrogens (tertiary/aromatic N) is 2. The fourth-order valence-corrected chi connectivity index (χ4v) is 1.50. The Morgan fingerprint density at radius 2 is 2.16 bits per heavy atom. The van der Waals surface area contributed by atoms with Crippen molar-refractivity contribution >= 4 is 5.91 Å². The molecule has 2 aromatic rings. The van der Waals surface area contributed by atoms with Crippen LogP contribution in [0.15, 0.2) is 34.9 Å². The highest BCUT2D eigenvalue weighted by atomic mass is 16.5. The molecule has 19 heavy (non-hydrogen) atoms. The Bertz CT molecular complexity index is 539. The zero-order valence-electron chi connectivity index (χ0n) is 10.8. The number of aromatic nitrogens is 2. The summed E-state index contributed by atoms with van der Waals surface area (Å²) in [6.07, 6.45) is 0. The van der Waals surface area contributed by atoms with Gasteiger partial charge >= 0.3 is 0 Å². The van der Waals surface area contributed by atoms with E-state index in [-0.39, 0.29) is 18.6 Å². The number of para-hydroxylation sites is 1. The molecule has 1 amide bonds. The Balaban J connectivity index is 1.81. The maximum atomic E-state index is 11.7. The van der Waals surface area contributed by atoms with E-state index >= 15 is 0 Å². The lowest BCUT2D eigenvalue weighted by Crippen LogP contribution is -2.31. The Labute approximate surface area is 110 Å². The van der Waals surface area contributed by atoms with E-state index in [0.717, 1.165) is 0 Å². The SMILES string of the molecule is Cc1noc([C@@H](C)NC(=O)COc2ccccc2)n1. The number of hydrogen-bond donors (Lipinski definition) is 1. The molecule has 0 saturated heterocycles. The summed E-state index contributed by atoms with van der Waals surface area (Å²) in [6, 6.07) is 8.81. The third-order valence-corrected chi connectivity index (χ3v) is 2.40. The smallest absolute Gasteiger partial charge is 0.258 e. The van der Waals surface area contributed by atoms with Gasteiger partial charge in [-0.25, -0.2) is 0 Å². The second kappa shape index (κ2) is 5.99. The molecule has 6 nitrogen and oxygen atoms in total. The molecule has 1 heterocycles. The predicted octanol–water partition coefficient (Wildman–Crippen LogP) is 1.63. The number of aryl methyl sites for hydroxylation is 1. The average Bonchev–Trinajstić information content (AvgIpc) is 2.84. The lowest BCUT2D eigenvalue weighted by molar-refractivity contribution is -0.123. The van der Waals surface area contributed by atoms with Crippen LogP contribution in [0.2, 0.25) is 0 Å². The number of carbonyl (C=O) groups is 1. The van der Waals surface area contributed by atoms with Gasteiger partial charge in [0.15, 0.2) is 12.4 Å². The van der Waals surface area contributed by atoms with E-state index in [1.807, 2.05) is 18.2 Å². The first-order valence-corrected chi connectivity index (χ1v) is 5.92. The largest absolute Gasteiger partial charge is 0.484 e. The van der Waals surface area contributed by atoms with Crippen molar-refractivity contribution in [3.63, 3.8) is 0 Å². The van der Waals surface area contributed by atoms with E-state index in [4.69, 9.17) is 9.26 Å². The van der Waals surface area contributed by atoms with Gasteiger partial charge in [0, 0.05) is 0 Å². The minimum absolute atomic E-state index is 0.0541. The first-order chi connectivity index (χ1) is 9.15. The van der Waals surface area contributed by atoms with Crippen LogP contribution in [0.1, 0.15) is 24.7 Å². The van der Waals surface area contributed by atoms with E-state index in [1.54, 1.807) is 26.0 Å². The number of carbonyl (C=O) groups excluding carboxylic acids is 1. The molecule has 0 saturated carbocycles. The van der Waals surface area contributed by atoms with Crippen molar-refractivity contribution in [2.45, 2.75) is 19.9 Å². The maximum absolute atomic E-state index is 11.7. The van der Waals surface area contributed by atoms with Gasteiger partial charge in [-0.05, 0) is 26.0 Å². The summed E-state index contributed by atoms with van der Waals surface area (Å²) >= 11 is 0. The van der Waals surface area contributed by atoms with Gasteiger partial charge in [-0.15, -0.1) is 0 Å². The first kappa shape index (κ1) is 13.1.